The van der Waals surface area contributed by atoms with E-state index < -0.39 is 0 Å². The number of hydrogen-bond acceptors (Lipinski definition) is 3. The molecule has 0 fully saturated rings. The fourth-order valence-corrected chi connectivity index (χ4v) is 2.75. The van der Waals surface area contributed by atoms with Gasteiger partial charge in [0.05, 0.1) is 12.2 Å². The van der Waals surface area contributed by atoms with E-state index in [1.54, 1.807) is 24.4 Å². The largest absolute Gasteiger partial charge is 0.307 e. The van der Waals surface area contributed by atoms with Crippen LogP contribution in [0.1, 0.15) is 40.3 Å². The lowest BCUT2D eigenvalue weighted by Gasteiger charge is -2.16. The third-order valence-electron chi connectivity index (χ3n) is 3.90. The first-order valence-corrected chi connectivity index (χ1v) is 7.89. The van der Waals surface area contributed by atoms with Crippen molar-refractivity contribution in [2.24, 2.45) is 0 Å². The monoisotopic (exact) mass is 320 g/mol. The first kappa shape index (κ1) is 15.9. The molecule has 2 heterocycles. The van der Waals surface area contributed by atoms with Gasteiger partial charge in [-0.25, -0.2) is 4.68 Å². The van der Waals surface area contributed by atoms with Crippen molar-refractivity contribution in [3.63, 3.8) is 0 Å². The number of rotatable bonds is 4. The standard InChI is InChI=1S/C19H20N4O/c1-13-11-17(12-14(2)21-13)19(24)22-18-9-10-20-23(18)15(3)16-7-5-4-6-8-16/h4-12,15H,1-3H3,(H,22,24). The van der Waals surface area contributed by atoms with E-state index in [4.69, 9.17) is 0 Å². The average molecular weight is 320 g/mol. The highest BCUT2D eigenvalue weighted by molar-refractivity contribution is 6.03. The molecule has 5 heteroatoms. The number of nitrogens with one attached hydrogen (secondary N) is 1. The van der Waals surface area contributed by atoms with E-state index in [0.717, 1.165) is 17.0 Å². The van der Waals surface area contributed by atoms with E-state index in [0.29, 0.717) is 11.4 Å². The van der Waals surface area contributed by atoms with E-state index in [-0.39, 0.29) is 11.9 Å². The highest BCUT2D eigenvalue weighted by Crippen LogP contribution is 2.21. The van der Waals surface area contributed by atoms with Crippen LogP contribution in [0.25, 0.3) is 0 Å². The molecule has 24 heavy (non-hydrogen) atoms. The first-order chi connectivity index (χ1) is 11.5. The molecule has 2 aromatic heterocycles. The number of benzene rings is 1. The van der Waals surface area contributed by atoms with Crippen LogP contribution in [-0.2, 0) is 0 Å². The Bertz CT molecular complexity index is 835. The van der Waals surface area contributed by atoms with E-state index in [2.05, 4.69) is 22.3 Å². The van der Waals surface area contributed by atoms with Gasteiger partial charge in [-0.1, -0.05) is 30.3 Å². The van der Waals surface area contributed by atoms with Gasteiger partial charge in [-0.05, 0) is 38.5 Å². The second kappa shape index (κ2) is 6.66. The summed E-state index contributed by atoms with van der Waals surface area (Å²) >= 11 is 0. The zero-order valence-corrected chi connectivity index (χ0v) is 14.0. The minimum Gasteiger partial charge on any atom is -0.307 e. The summed E-state index contributed by atoms with van der Waals surface area (Å²) in [7, 11) is 0. The van der Waals surface area contributed by atoms with Crippen LogP contribution < -0.4 is 5.32 Å². The van der Waals surface area contributed by atoms with Gasteiger partial charge in [-0.2, -0.15) is 5.10 Å². The molecule has 0 spiro atoms. The van der Waals surface area contributed by atoms with E-state index in [9.17, 15) is 4.79 Å². The number of anilines is 1. The van der Waals surface area contributed by atoms with Gasteiger partial charge in [0.1, 0.15) is 5.82 Å². The molecular formula is C19H20N4O. The Balaban J connectivity index is 1.84. The SMILES string of the molecule is Cc1cc(C(=O)Nc2ccnn2C(C)c2ccccc2)cc(C)n1. The van der Waals surface area contributed by atoms with Crippen LogP contribution >= 0.6 is 0 Å². The Morgan fingerprint density at radius 3 is 2.42 bits per heavy atom. The van der Waals surface area contributed by atoms with E-state index >= 15 is 0 Å². The molecule has 0 aliphatic carbocycles. The van der Waals surface area contributed by atoms with Gasteiger partial charge >= 0.3 is 0 Å². The first-order valence-electron chi connectivity index (χ1n) is 7.89. The van der Waals surface area contributed by atoms with Gasteiger partial charge in [-0.15, -0.1) is 0 Å². The Morgan fingerprint density at radius 1 is 1.08 bits per heavy atom. The predicted molar refractivity (Wildman–Crippen MR) is 94.1 cm³/mol. The third-order valence-corrected chi connectivity index (χ3v) is 3.90. The van der Waals surface area contributed by atoms with Crippen LogP contribution in [0.4, 0.5) is 5.82 Å². The van der Waals surface area contributed by atoms with Crippen molar-refractivity contribution in [3.05, 3.63) is 77.2 Å². The maximum Gasteiger partial charge on any atom is 0.256 e. The van der Waals surface area contributed by atoms with E-state index in [1.807, 2.05) is 48.9 Å². The summed E-state index contributed by atoms with van der Waals surface area (Å²) in [5.41, 5.74) is 3.38. The number of carbonyl (C=O) groups excluding carboxylic acids is 1. The molecular weight excluding hydrogens is 300 g/mol. The van der Waals surface area contributed by atoms with Crippen LogP contribution in [0.5, 0.6) is 0 Å². The fraction of sp³-hybridized carbons (Fsp3) is 0.211. The zero-order valence-electron chi connectivity index (χ0n) is 14.0. The normalized spacial score (nSPS) is 12.0. The minimum absolute atomic E-state index is 0.0254. The molecule has 1 N–H and O–H groups in total. The second-order valence-corrected chi connectivity index (χ2v) is 5.84. The van der Waals surface area contributed by atoms with E-state index in [1.165, 1.54) is 0 Å². The summed E-state index contributed by atoms with van der Waals surface area (Å²) in [6.45, 7) is 5.82. The number of aryl methyl sites for hydroxylation is 2. The molecule has 0 saturated heterocycles. The molecule has 3 aromatic rings. The summed E-state index contributed by atoms with van der Waals surface area (Å²) in [5, 5.41) is 7.31. The lowest BCUT2D eigenvalue weighted by molar-refractivity contribution is 0.102. The van der Waals surface area contributed by atoms with Crippen molar-refractivity contribution in [1.82, 2.24) is 14.8 Å². The second-order valence-electron chi connectivity index (χ2n) is 5.84. The Kier molecular flexibility index (Phi) is 4.42. The summed E-state index contributed by atoms with van der Waals surface area (Å²) in [4.78, 5) is 16.8. The van der Waals surface area contributed by atoms with Gasteiger partial charge in [0.2, 0.25) is 0 Å². The lowest BCUT2D eigenvalue weighted by atomic mass is 10.1. The molecule has 5 nitrogen and oxygen atoms in total. The fourth-order valence-electron chi connectivity index (χ4n) is 2.75. The molecule has 0 bridgehead atoms. The van der Waals surface area contributed by atoms with Crippen LogP contribution in [0.3, 0.4) is 0 Å². The summed E-state index contributed by atoms with van der Waals surface area (Å²) < 4.78 is 1.81. The Hall–Kier alpha value is -2.95. The minimum atomic E-state index is -0.161. The number of aromatic nitrogens is 3. The third kappa shape index (κ3) is 3.35. The smallest absolute Gasteiger partial charge is 0.256 e. The molecule has 0 aliphatic rings. The number of pyridine rings is 1. The summed E-state index contributed by atoms with van der Waals surface area (Å²) in [5.74, 6) is 0.508. The van der Waals surface area contributed by atoms with Crippen molar-refractivity contribution in [2.75, 3.05) is 5.32 Å². The van der Waals surface area contributed by atoms with Crippen molar-refractivity contribution in [3.8, 4) is 0 Å². The molecule has 122 valence electrons. The van der Waals surface area contributed by atoms with Gasteiger partial charge in [0.25, 0.3) is 5.91 Å². The molecule has 1 atom stereocenters. The van der Waals surface area contributed by atoms with Gasteiger partial charge < -0.3 is 5.32 Å². The molecule has 1 amide bonds. The number of carbonyl (C=O) groups is 1. The molecule has 1 aromatic carbocycles. The van der Waals surface area contributed by atoms with Gasteiger partial charge in [0.15, 0.2) is 0 Å². The topological polar surface area (TPSA) is 59.8 Å². The highest BCUT2D eigenvalue weighted by atomic mass is 16.1. The highest BCUT2D eigenvalue weighted by Gasteiger charge is 2.15. The maximum atomic E-state index is 12.5. The number of amides is 1. The van der Waals surface area contributed by atoms with Crippen molar-refractivity contribution in [2.45, 2.75) is 26.8 Å². The summed E-state index contributed by atoms with van der Waals surface area (Å²) in [6.07, 6.45) is 1.69. The van der Waals surface area contributed by atoms with Crippen molar-refractivity contribution >= 4 is 11.7 Å². The average Bonchev–Trinajstić information content (AvgIpc) is 3.02. The molecule has 0 radical (unpaired) electrons. The Morgan fingerprint density at radius 2 is 1.75 bits per heavy atom. The molecule has 1 unspecified atom stereocenters. The van der Waals surface area contributed by atoms with Gasteiger partial charge in [-0.3, -0.25) is 9.78 Å². The van der Waals surface area contributed by atoms with Crippen LogP contribution in [0.15, 0.2) is 54.7 Å². The number of hydrogen-bond donors (Lipinski definition) is 1. The lowest BCUT2D eigenvalue weighted by Crippen LogP contribution is -2.18. The van der Waals surface area contributed by atoms with Crippen LogP contribution in [0.2, 0.25) is 0 Å². The summed E-state index contributed by atoms with van der Waals surface area (Å²) in [6, 6.07) is 15.5. The zero-order chi connectivity index (χ0) is 17.1. The van der Waals surface area contributed by atoms with Crippen LogP contribution in [0, 0.1) is 13.8 Å². The molecule has 0 aliphatic heterocycles. The maximum absolute atomic E-state index is 12.5. The quantitative estimate of drug-likeness (QED) is 0.796. The molecule has 3 rings (SSSR count). The predicted octanol–water partition coefficient (Wildman–Crippen LogP) is 3.76. The van der Waals surface area contributed by atoms with Crippen LogP contribution in [-0.4, -0.2) is 20.7 Å². The number of nitrogens with zero attached hydrogens (tertiary/aromatic N) is 3. The Labute approximate surface area is 141 Å². The van der Waals surface area contributed by atoms with Crippen molar-refractivity contribution < 1.29 is 4.79 Å². The van der Waals surface area contributed by atoms with Gasteiger partial charge in [0, 0.05) is 23.0 Å². The molecule has 0 saturated carbocycles. The van der Waals surface area contributed by atoms with Crippen molar-refractivity contribution in [1.29, 1.82) is 0 Å².